The minimum Gasteiger partial charge on any atom is -0.456 e. The fourth-order valence-electron chi connectivity index (χ4n) is 5.89. The van der Waals surface area contributed by atoms with E-state index < -0.39 is 124 Å². The summed E-state index contributed by atoms with van der Waals surface area (Å²) in [6.45, 7) is 0. The number of nitrogens with zero attached hydrogens (tertiary/aromatic N) is 3. The van der Waals surface area contributed by atoms with Crippen LogP contribution in [-0.4, -0.2) is 15.0 Å². The molecule has 5 heteroatoms. The molecule has 0 radical (unpaired) electrons. The quantitative estimate of drug-likeness (QED) is 0.184. The van der Waals surface area contributed by atoms with Gasteiger partial charge in [0.15, 0.2) is 17.5 Å². The van der Waals surface area contributed by atoms with Crippen molar-refractivity contribution in [1.29, 1.82) is 0 Å². The van der Waals surface area contributed by atoms with E-state index in [0.29, 0.717) is 22.3 Å². The summed E-state index contributed by atoms with van der Waals surface area (Å²) in [4.78, 5) is 14.0. The lowest BCUT2D eigenvalue weighted by Gasteiger charge is -2.10. The van der Waals surface area contributed by atoms with Gasteiger partial charge in [-0.2, -0.15) is 0 Å². The molecule has 3 aromatic heterocycles. The van der Waals surface area contributed by atoms with E-state index in [1.54, 1.807) is 42.5 Å². The van der Waals surface area contributed by atoms with Crippen LogP contribution in [-0.2, 0) is 0 Å². The first-order chi connectivity index (χ1) is 31.0. The van der Waals surface area contributed by atoms with Crippen molar-refractivity contribution in [3.8, 4) is 56.4 Å². The Bertz CT molecular complexity index is 3710. The van der Waals surface area contributed by atoms with Crippen molar-refractivity contribution >= 4 is 43.9 Å². The van der Waals surface area contributed by atoms with Gasteiger partial charge in [0.25, 0.3) is 0 Å². The Morgan fingerprint density at radius 2 is 1.06 bits per heavy atom. The molecule has 0 bridgehead atoms. The maximum absolute atomic E-state index is 9.49. The zero-order valence-corrected chi connectivity index (χ0v) is 25.6. The van der Waals surface area contributed by atoms with E-state index in [1.165, 1.54) is 0 Å². The molecule has 0 saturated carbocycles. The SMILES string of the molecule is [2H]c1c([2H])c(-c2c([2H])c([2H])c(-c3nc(-c4ccccc4)nc(-c4ccc5c(c4)oc4ccccc45)n3)c([2H])c2[2H])c([2H])c(-c2c([2H])c([2H])c([2H])c3oc4c([2H])c([2H])c([2H])c([2H])c4c23)c1[2H]. The van der Waals surface area contributed by atoms with E-state index in [4.69, 9.17) is 27.5 Å². The van der Waals surface area contributed by atoms with Crippen molar-refractivity contribution in [1.82, 2.24) is 15.0 Å². The minimum absolute atomic E-state index is 0.121. The molecule has 10 aromatic rings. The molecule has 0 aliphatic rings. The molecular formula is C45H27N3O2. The van der Waals surface area contributed by atoms with Crippen LogP contribution < -0.4 is 0 Å². The van der Waals surface area contributed by atoms with Gasteiger partial charge in [0.2, 0.25) is 0 Å². The van der Waals surface area contributed by atoms with Gasteiger partial charge in [0.1, 0.15) is 22.3 Å². The van der Waals surface area contributed by atoms with Crippen LogP contribution >= 0.6 is 0 Å². The van der Waals surface area contributed by atoms with Crippen LogP contribution in [0.3, 0.4) is 0 Å². The van der Waals surface area contributed by atoms with Crippen molar-refractivity contribution in [3.05, 3.63) is 163 Å². The third kappa shape index (κ3) is 4.75. The number of para-hydroxylation sites is 2. The van der Waals surface area contributed by atoms with E-state index in [-0.39, 0.29) is 33.8 Å². The lowest BCUT2D eigenvalue weighted by molar-refractivity contribution is 0.668. The Morgan fingerprint density at radius 1 is 0.400 bits per heavy atom. The standard InChI is InChI=1S/C45H27N3O2/c1-2-10-29(11-3-1)43-46-44(48-45(47-43)33-24-25-36-35-14-4-6-17-38(35)50-41(36)27-33)30-22-20-28(21-23-30)31-12-8-13-32(26-31)34-16-9-19-40-42(34)37-15-5-7-18-39(37)49-40/h1-27H/i5D,7D,8D,9D,12D,13D,15D,16D,18D,19D,20D,21D,22D,23D,26D. The number of hydrogen-bond acceptors (Lipinski definition) is 5. The maximum atomic E-state index is 9.49. The summed E-state index contributed by atoms with van der Waals surface area (Å²) in [7, 11) is 0. The van der Waals surface area contributed by atoms with Crippen molar-refractivity contribution < 1.29 is 29.4 Å². The monoisotopic (exact) mass is 656 g/mol. The van der Waals surface area contributed by atoms with Gasteiger partial charge in [-0.25, -0.2) is 15.0 Å². The smallest absolute Gasteiger partial charge is 0.164 e. The predicted octanol–water partition coefficient (Wildman–Crippen LogP) is 12.0. The van der Waals surface area contributed by atoms with Crippen molar-refractivity contribution in [2.75, 3.05) is 0 Å². The topological polar surface area (TPSA) is 65.0 Å². The van der Waals surface area contributed by atoms with Gasteiger partial charge in [0.05, 0.1) is 20.6 Å². The third-order valence-corrected chi connectivity index (χ3v) is 8.23. The van der Waals surface area contributed by atoms with Gasteiger partial charge in [-0.15, -0.1) is 0 Å². The van der Waals surface area contributed by atoms with Gasteiger partial charge in [-0.05, 0) is 58.6 Å². The van der Waals surface area contributed by atoms with Crippen LogP contribution in [0.15, 0.2) is 172 Å². The molecule has 0 atom stereocenters. The molecular weight excluding hydrogens is 615 g/mol. The van der Waals surface area contributed by atoms with Crippen LogP contribution in [0.1, 0.15) is 20.6 Å². The van der Waals surface area contributed by atoms with Crippen LogP contribution in [0, 0.1) is 0 Å². The number of hydrogen-bond donors (Lipinski definition) is 0. The molecule has 0 spiro atoms. The Morgan fingerprint density at radius 3 is 1.94 bits per heavy atom. The number of furan rings is 2. The Balaban J connectivity index is 1.22. The number of aromatic nitrogens is 3. The van der Waals surface area contributed by atoms with Gasteiger partial charge >= 0.3 is 0 Å². The summed E-state index contributed by atoms with van der Waals surface area (Å²) in [5.41, 5.74) is -1.30. The highest BCUT2D eigenvalue weighted by Crippen LogP contribution is 2.38. The molecule has 0 unspecified atom stereocenters. The van der Waals surface area contributed by atoms with Crippen LogP contribution in [0.2, 0.25) is 0 Å². The summed E-state index contributed by atoms with van der Waals surface area (Å²) in [5.74, 6) is 0.0307. The molecule has 0 N–H and O–H groups in total. The van der Waals surface area contributed by atoms with Crippen LogP contribution in [0.5, 0.6) is 0 Å². The molecule has 3 heterocycles. The second kappa shape index (κ2) is 11.4. The summed E-state index contributed by atoms with van der Waals surface area (Å²) >= 11 is 0. The summed E-state index contributed by atoms with van der Waals surface area (Å²) < 4.78 is 145. The zero-order chi connectivity index (χ0) is 46.1. The van der Waals surface area contributed by atoms with Gasteiger partial charge in [-0.1, -0.05) is 127 Å². The fourth-order valence-corrected chi connectivity index (χ4v) is 5.89. The number of benzene rings is 7. The lowest BCUT2D eigenvalue weighted by Crippen LogP contribution is -2.00. The minimum atomic E-state index is -0.855. The normalized spacial score (nSPS) is 15.8. The molecule has 50 heavy (non-hydrogen) atoms. The highest BCUT2D eigenvalue weighted by atomic mass is 16.3. The van der Waals surface area contributed by atoms with E-state index in [9.17, 15) is 6.85 Å². The van der Waals surface area contributed by atoms with Gasteiger partial charge in [-0.3, -0.25) is 0 Å². The molecule has 10 rings (SSSR count). The molecule has 7 aromatic carbocycles. The second-order valence-corrected chi connectivity index (χ2v) is 11.2. The number of rotatable bonds is 5. The third-order valence-electron chi connectivity index (χ3n) is 8.23. The maximum Gasteiger partial charge on any atom is 0.164 e. The van der Waals surface area contributed by atoms with E-state index in [2.05, 4.69) is 9.97 Å². The van der Waals surface area contributed by atoms with Crippen molar-refractivity contribution in [2.24, 2.45) is 0 Å². The Hall–Kier alpha value is -6.85. The fraction of sp³-hybridized carbons (Fsp3) is 0. The van der Waals surface area contributed by atoms with E-state index in [1.807, 2.05) is 30.3 Å². The van der Waals surface area contributed by atoms with E-state index >= 15 is 0 Å². The molecule has 0 saturated heterocycles. The van der Waals surface area contributed by atoms with Crippen molar-refractivity contribution in [3.63, 3.8) is 0 Å². The summed E-state index contributed by atoms with van der Waals surface area (Å²) in [5, 5.41) is 1.11. The molecule has 5 nitrogen and oxygen atoms in total. The number of fused-ring (bicyclic) bond motifs is 6. The van der Waals surface area contributed by atoms with Gasteiger partial charge < -0.3 is 8.83 Å². The first-order valence-corrected chi connectivity index (χ1v) is 15.4. The van der Waals surface area contributed by atoms with E-state index in [0.717, 1.165) is 10.8 Å². The zero-order valence-electron chi connectivity index (χ0n) is 40.6. The lowest BCUT2D eigenvalue weighted by atomic mass is 9.95. The summed E-state index contributed by atoms with van der Waals surface area (Å²) in [6.07, 6.45) is 0. The highest BCUT2D eigenvalue weighted by molar-refractivity contribution is 6.12. The Kier molecular flexibility index (Phi) is 3.87. The first-order valence-electron chi connectivity index (χ1n) is 22.9. The average molecular weight is 657 g/mol. The van der Waals surface area contributed by atoms with Gasteiger partial charge in [0, 0.05) is 38.2 Å². The van der Waals surface area contributed by atoms with Crippen molar-refractivity contribution in [2.45, 2.75) is 0 Å². The molecule has 0 aliphatic carbocycles. The molecule has 0 fully saturated rings. The highest BCUT2D eigenvalue weighted by Gasteiger charge is 2.16. The average Bonchev–Trinajstić information content (AvgIpc) is 3.90. The molecule has 234 valence electrons. The molecule has 0 amide bonds. The van der Waals surface area contributed by atoms with Crippen LogP contribution in [0.25, 0.3) is 100 Å². The predicted molar refractivity (Wildman–Crippen MR) is 202 cm³/mol. The molecule has 0 aliphatic heterocycles. The van der Waals surface area contributed by atoms with Crippen LogP contribution in [0.4, 0.5) is 0 Å². The summed E-state index contributed by atoms with van der Waals surface area (Å²) in [6, 6.07) is 10.8. The Labute approximate surface area is 308 Å². The first kappa shape index (κ1) is 17.0. The second-order valence-electron chi connectivity index (χ2n) is 11.2. The largest absolute Gasteiger partial charge is 0.456 e.